The fourth-order valence-electron chi connectivity index (χ4n) is 4.09. The van der Waals surface area contributed by atoms with Gasteiger partial charge in [0.15, 0.2) is 0 Å². The summed E-state index contributed by atoms with van der Waals surface area (Å²) in [5.74, 6) is -0.467. The maximum absolute atomic E-state index is 13.1. The second kappa shape index (κ2) is 8.10. The normalized spacial score (nSPS) is 17.8. The van der Waals surface area contributed by atoms with Gasteiger partial charge in [-0.25, -0.2) is 8.42 Å². The van der Waals surface area contributed by atoms with E-state index in [0.29, 0.717) is 43.9 Å². The quantitative estimate of drug-likeness (QED) is 0.697. The number of carbonyl (C=O) groups is 2. The van der Waals surface area contributed by atoms with Gasteiger partial charge < -0.3 is 14.5 Å². The molecule has 0 atom stereocenters. The fraction of sp³-hybridized carbons (Fsp3) is 0.364. The van der Waals surface area contributed by atoms with E-state index in [2.05, 4.69) is 0 Å². The number of para-hydroxylation sites is 2. The van der Waals surface area contributed by atoms with Crippen LogP contribution in [-0.4, -0.2) is 51.4 Å². The number of amides is 1. The highest BCUT2D eigenvalue weighted by atomic mass is 32.2. The molecule has 8 heteroatoms. The molecule has 158 valence electrons. The summed E-state index contributed by atoms with van der Waals surface area (Å²) in [5.41, 5.74) is 1.01. The lowest BCUT2D eigenvalue weighted by Gasteiger charge is -2.36. The third-order valence-electron chi connectivity index (χ3n) is 5.65. The molecule has 1 amide bonds. The van der Waals surface area contributed by atoms with Gasteiger partial charge >= 0.3 is 5.97 Å². The van der Waals surface area contributed by atoms with E-state index in [1.807, 2.05) is 0 Å². The molecule has 0 aromatic heterocycles. The Bertz CT molecular complexity index is 1020. The van der Waals surface area contributed by atoms with Crippen LogP contribution in [0.5, 0.6) is 0 Å². The van der Waals surface area contributed by atoms with Gasteiger partial charge in [-0.15, -0.1) is 0 Å². The van der Waals surface area contributed by atoms with E-state index in [4.69, 9.17) is 4.74 Å². The number of esters is 1. The van der Waals surface area contributed by atoms with E-state index < -0.39 is 9.84 Å². The van der Waals surface area contributed by atoms with Gasteiger partial charge in [0.25, 0.3) is 0 Å². The molecule has 0 bridgehead atoms. The average molecular weight is 429 g/mol. The Morgan fingerprint density at radius 2 is 1.50 bits per heavy atom. The van der Waals surface area contributed by atoms with Gasteiger partial charge in [0.1, 0.15) is 6.54 Å². The topological polar surface area (TPSA) is 84.0 Å². The number of hydrogen-bond acceptors (Lipinski definition) is 6. The summed E-state index contributed by atoms with van der Waals surface area (Å²) >= 11 is 0. The molecule has 7 nitrogen and oxygen atoms in total. The Balaban J connectivity index is 1.56. The lowest BCUT2D eigenvalue weighted by atomic mass is 9.97. The maximum Gasteiger partial charge on any atom is 0.309 e. The molecule has 4 rings (SSSR count). The van der Waals surface area contributed by atoms with E-state index in [-0.39, 0.29) is 34.1 Å². The number of fused-ring (bicyclic) bond motifs is 2. The third kappa shape index (κ3) is 3.56. The van der Waals surface area contributed by atoms with Gasteiger partial charge in [-0.3, -0.25) is 9.59 Å². The van der Waals surface area contributed by atoms with Gasteiger partial charge in [0.2, 0.25) is 15.7 Å². The number of rotatable bonds is 4. The third-order valence-corrected chi connectivity index (χ3v) is 7.50. The molecule has 0 aliphatic carbocycles. The number of nitrogens with zero attached hydrogens (tertiary/aromatic N) is 2. The van der Waals surface area contributed by atoms with Crippen LogP contribution in [0.25, 0.3) is 0 Å². The first kappa shape index (κ1) is 20.4. The number of piperidine rings is 1. The number of likely N-dealkylation sites (tertiary alicyclic amines) is 1. The van der Waals surface area contributed by atoms with E-state index >= 15 is 0 Å². The van der Waals surface area contributed by atoms with Crippen LogP contribution < -0.4 is 4.90 Å². The first-order chi connectivity index (χ1) is 14.4. The van der Waals surface area contributed by atoms with Crippen molar-refractivity contribution in [3.05, 3.63) is 48.5 Å². The van der Waals surface area contributed by atoms with Crippen LogP contribution in [-0.2, 0) is 24.2 Å². The Hall–Kier alpha value is -2.87. The Morgan fingerprint density at radius 1 is 0.967 bits per heavy atom. The second-order valence-corrected chi connectivity index (χ2v) is 9.32. The van der Waals surface area contributed by atoms with Crippen molar-refractivity contribution < 1.29 is 22.7 Å². The molecule has 2 aliphatic heterocycles. The lowest BCUT2D eigenvalue weighted by molar-refractivity contribution is -0.151. The fourth-order valence-corrected chi connectivity index (χ4v) is 5.75. The van der Waals surface area contributed by atoms with E-state index in [0.717, 1.165) is 0 Å². The van der Waals surface area contributed by atoms with E-state index in [9.17, 15) is 18.0 Å². The SMILES string of the molecule is CCOC(=O)C1CCN(C(=O)CN2c3ccccc3S(=O)(=O)c3ccccc32)CC1. The molecule has 0 unspecified atom stereocenters. The predicted octanol–water partition coefficient (Wildman–Crippen LogP) is 2.77. The summed E-state index contributed by atoms with van der Waals surface area (Å²) in [6.45, 7) is 3.14. The van der Waals surface area contributed by atoms with E-state index in [1.165, 1.54) is 0 Å². The maximum atomic E-state index is 13.1. The molecule has 0 spiro atoms. The minimum atomic E-state index is -3.64. The number of ether oxygens (including phenoxy) is 1. The van der Waals surface area contributed by atoms with Crippen molar-refractivity contribution in [3.63, 3.8) is 0 Å². The van der Waals surface area contributed by atoms with Crippen LogP contribution >= 0.6 is 0 Å². The number of anilines is 2. The molecule has 1 saturated heterocycles. The molecule has 2 heterocycles. The minimum absolute atomic E-state index is 0.0353. The van der Waals surface area contributed by atoms with Crippen LogP contribution in [0.4, 0.5) is 11.4 Å². The lowest BCUT2D eigenvalue weighted by Crippen LogP contribution is -2.45. The number of benzene rings is 2. The van der Waals surface area contributed by atoms with Crippen molar-refractivity contribution >= 4 is 33.1 Å². The summed E-state index contributed by atoms with van der Waals surface area (Å²) in [5, 5.41) is 0. The van der Waals surface area contributed by atoms with Crippen molar-refractivity contribution in [1.29, 1.82) is 0 Å². The van der Waals surface area contributed by atoms with Crippen LogP contribution in [0, 0.1) is 5.92 Å². The monoisotopic (exact) mass is 428 g/mol. The molecule has 0 radical (unpaired) electrons. The first-order valence-electron chi connectivity index (χ1n) is 10.1. The van der Waals surface area contributed by atoms with Crippen molar-refractivity contribution in [1.82, 2.24) is 4.90 Å². The molecule has 0 saturated carbocycles. The zero-order chi connectivity index (χ0) is 21.3. The summed E-state index contributed by atoms with van der Waals surface area (Å²) in [4.78, 5) is 28.9. The summed E-state index contributed by atoms with van der Waals surface area (Å²) in [7, 11) is -3.64. The molecule has 0 N–H and O–H groups in total. The molecule has 2 aromatic rings. The summed E-state index contributed by atoms with van der Waals surface area (Å²) in [6.07, 6.45) is 1.15. The zero-order valence-electron chi connectivity index (χ0n) is 16.8. The summed E-state index contributed by atoms with van der Waals surface area (Å²) in [6, 6.07) is 13.5. The van der Waals surface area contributed by atoms with Gasteiger partial charge in [0, 0.05) is 13.1 Å². The zero-order valence-corrected chi connectivity index (χ0v) is 17.6. The van der Waals surface area contributed by atoms with Gasteiger partial charge in [-0.1, -0.05) is 24.3 Å². The number of hydrogen-bond donors (Lipinski definition) is 0. The number of carbonyl (C=O) groups excluding carboxylic acids is 2. The molecular formula is C22H24N2O5S. The highest BCUT2D eigenvalue weighted by molar-refractivity contribution is 7.92. The highest BCUT2D eigenvalue weighted by Gasteiger charge is 2.36. The molecule has 30 heavy (non-hydrogen) atoms. The van der Waals surface area contributed by atoms with Crippen molar-refractivity contribution in [3.8, 4) is 0 Å². The van der Waals surface area contributed by atoms with Crippen LogP contribution in [0.3, 0.4) is 0 Å². The van der Waals surface area contributed by atoms with Crippen LogP contribution in [0.2, 0.25) is 0 Å². The Kier molecular flexibility index (Phi) is 5.51. The van der Waals surface area contributed by atoms with Gasteiger partial charge in [-0.05, 0) is 44.0 Å². The smallest absolute Gasteiger partial charge is 0.309 e. The molecular weight excluding hydrogens is 404 g/mol. The largest absolute Gasteiger partial charge is 0.466 e. The molecule has 2 aliphatic rings. The minimum Gasteiger partial charge on any atom is -0.466 e. The standard InChI is InChI=1S/C22H24N2O5S/c1-2-29-22(26)16-11-13-23(14-12-16)21(25)15-24-17-7-3-5-9-19(17)30(27,28)20-10-6-4-8-18(20)24/h3-10,16H,2,11-15H2,1H3. The average Bonchev–Trinajstić information content (AvgIpc) is 2.77. The summed E-state index contributed by atoms with van der Waals surface area (Å²) < 4.78 is 31.1. The van der Waals surface area contributed by atoms with Gasteiger partial charge in [0.05, 0.1) is 33.7 Å². The Labute approximate surface area is 176 Å². The molecule has 1 fully saturated rings. The van der Waals surface area contributed by atoms with Gasteiger partial charge in [-0.2, -0.15) is 0 Å². The van der Waals surface area contributed by atoms with Crippen molar-refractivity contribution in [2.24, 2.45) is 5.92 Å². The van der Waals surface area contributed by atoms with Crippen LogP contribution in [0.1, 0.15) is 19.8 Å². The molecule has 2 aromatic carbocycles. The van der Waals surface area contributed by atoms with Crippen molar-refractivity contribution in [2.45, 2.75) is 29.6 Å². The Morgan fingerprint density at radius 3 is 2.03 bits per heavy atom. The van der Waals surface area contributed by atoms with Crippen molar-refractivity contribution in [2.75, 3.05) is 31.1 Å². The first-order valence-corrected chi connectivity index (χ1v) is 11.6. The second-order valence-electron chi connectivity index (χ2n) is 7.43. The highest BCUT2D eigenvalue weighted by Crippen LogP contribution is 2.43. The number of sulfone groups is 1. The van der Waals surface area contributed by atoms with E-state index in [1.54, 1.807) is 65.3 Å². The van der Waals surface area contributed by atoms with Crippen LogP contribution in [0.15, 0.2) is 58.3 Å². The predicted molar refractivity (Wildman–Crippen MR) is 111 cm³/mol.